The Morgan fingerprint density at radius 1 is 1.20 bits per heavy atom. The minimum atomic E-state index is -0.297. The van der Waals surface area contributed by atoms with Gasteiger partial charge in [-0.3, -0.25) is 19.4 Å². The lowest BCUT2D eigenvalue weighted by Crippen LogP contribution is -2.15. The SMILES string of the molecule is CCNc1ncc(-c2nc(C)ccc2Oc2ccnc(-c3cnn(C)c3)c2)c(=O)[nH]1. The molecule has 0 fully saturated rings. The van der Waals surface area contributed by atoms with Crippen LogP contribution in [0.15, 0.2) is 53.8 Å². The van der Waals surface area contributed by atoms with Gasteiger partial charge >= 0.3 is 0 Å². The Balaban J connectivity index is 1.71. The van der Waals surface area contributed by atoms with Gasteiger partial charge < -0.3 is 10.1 Å². The third kappa shape index (κ3) is 4.04. The molecule has 0 radical (unpaired) electrons. The van der Waals surface area contributed by atoms with Crippen LogP contribution in [0, 0.1) is 6.92 Å². The van der Waals surface area contributed by atoms with Gasteiger partial charge in [0.15, 0.2) is 5.75 Å². The lowest BCUT2D eigenvalue weighted by molar-refractivity contribution is 0.481. The molecule has 9 nitrogen and oxygen atoms in total. The first-order chi connectivity index (χ1) is 14.5. The summed E-state index contributed by atoms with van der Waals surface area (Å²) < 4.78 is 7.81. The van der Waals surface area contributed by atoms with Crippen LogP contribution in [0.1, 0.15) is 12.6 Å². The number of aromatic nitrogens is 6. The van der Waals surface area contributed by atoms with E-state index in [1.807, 2.05) is 39.2 Å². The lowest BCUT2D eigenvalue weighted by Gasteiger charge is -2.12. The number of pyridine rings is 2. The Labute approximate surface area is 172 Å². The van der Waals surface area contributed by atoms with Gasteiger partial charge in [-0.1, -0.05) is 0 Å². The normalized spacial score (nSPS) is 10.8. The van der Waals surface area contributed by atoms with Crippen LogP contribution in [0.3, 0.4) is 0 Å². The van der Waals surface area contributed by atoms with Crippen LogP contribution in [-0.4, -0.2) is 36.3 Å². The maximum absolute atomic E-state index is 12.6. The van der Waals surface area contributed by atoms with E-state index in [2.05, 4.69) is 30.4 Å². The van der Waals surface area contributed by atoms with Crippen LogP contribution in [0.25, 0.3) is 22.5 Å². The second-order valence-electron chi connectivity index (χ2n) is 6.69. The van der Waals surface area contributed by atoms with E-state index in [1.54, 1.807) is 29.2 Å². The van der Waals surface area contributed by atoms with Crippen LogP contribution >= 0.6 is 0 Å². The predicted octanol–water partition coefficient (Wildman–Crippen LogP) is 3.16. The first-order valence-corrected chi connectivity index (χ1v) is 9.47. The molecule has 0 spiro atoms. The summed E-state index contributed by atoms with van der Waals surface area (Å²) in [7, 11) is 1.85. The van der Waals surface area contributed by atoms with E-state index in [9.17, 15) is 4.79 Å². The summed E-state index contributed by atoms with van der Waals surface area (Å²) >= 11 is 0. The monoisotopic (exact) mass is 403 g/mol. The number of rotatable bonds is 6. The molecule has 0 aliphatic carbocycles. The zero-order valence-corrected chi connectivity index (χ0v) is 16.9. The molecule has 0 saturated heterocycles. The van der Waals surface area contributed by atoms with Crippen LogP contribution in [0.4, 0.5) is 5.95 Å². The van der Waals surface area contributed by atoms with E-state index in [4.69, 9.17) is 4.74 Å². The molecule has 4 rings (SSSR count). The molecule has 4 aromatic rings. The second-order valence-corrected chi connectivity index (χ2v) is 6.69. The van der Waals surface area contributed by atoms with Gasteiger partial charge in [0, 0.05) is 49.5 Å². The number of aryl methyl sites for hydroxylation is 2. The highest BCUT2D eigenvalue weighted by molar-refractivity contribution is 5.66. The molecule has 0 atom stereocenters. The number of aromatic amines is 1. The van der Waals surface area contributed by atoms with E-state index in [0.29, 0.717) is 35.2 Å². The van der Waals surface area contributed by atoms with Gasteiger partial charge in [0.1, 0.15) is 11.4 Å². The average Bonchev–Trinajstić information content (AvgIpc) is 3.17. The topological polar surface area (TPSA) is 111 Å². The van der Waals surface area contributed by atoms with E-state index in [0.717, 1.165) is 17.0 Å². The molecule has 30 heavy (non-hydrogen) atoms. The summed E-state index contributed by atoms with van der Waals surface area (Å²) in [6.45, 7) is 4.44. The fraction of sp³-hybridized carbons (Fsp3) is 0.190. The lowest BCUT2D eigenvalue weighted by atomic mass is 10.2. The van der Waals surface area contributed by atoms with Crippen molar-refractivity contribution < 1.29 is 4.74 Å². The largest absolute Gasteiger partial charge is 0.455 e. The van der Waals surface area contributed by atoms with Crippen LogP contribution < -0.4 is 15.6 Å². The maximum atomic E-state index is 12.6. The van der Waals surface area contributed by atoms with Crippen molar-refractivity contribution >= 4 is 5.95 Å². The van der Waals surface area contributed by atoms with Crippen molar-refractivity contribution in [3.05, 3.63) is 65.1 Å². The predicted molar refractivity (Wildman–Crippen MR) is 114 cm³/mol. The summed E-state index contributed by atoms with van der Waals surface area (Å²) in [5.41, 5.74) is 2.83. The third-order valence-electron chi connectivity index (χ3n) is 4.36. The molecule has 4 heterocycles. The molecule has 9 heteroatoms. The summed E-state index contributed by atoms with van der Waals surface area (Å²) in [4.78, 5) is 28.5. The van der Waals surface area contributed by atoms with Crippen molar-refractivity contribution in [2.45, 2.75) is 13.8 Å². The van der Waals surface area contributed by atoms with E-state index < -0.39 is 0 Å². The number of H-pyrrole nitrogens is 1. The van der Waals surface area contributed by atoms with Gasteiger partial charge in [0.25, 0.3) is 5.56 Å². The molecule has 0 aliphatic rings. The van der Waals surface area contributed by atoms with Crippen molar-refractivity contribution in [2.75, 3.05) is 11.9 Å². The zero-order chi connectivity index (χ0) is 21.1. The van der Waals surface area contributed by atoms with Crippen molar-refractivity contribution in [3.8, 4) is 34.0 Å². The summed E-state index contributed by atoms with van der Waals surface area (Å²) in [5.74, 6) is 1.44. The Bertz CT molecular complexity index is 1250. The smallest absolute Gasteiger partial charge is 0.261 e. The number of nitrogens with one attached hydrogen (secondary N) is 2. The Kier molecular flexibility index (Phi) is 5.25. The van der Waals surface area contributed by atoms with Crippen LogP contribution in [0.5, 0.6) is 11.5 Å². The first kappa shape index (κ1) is 19.3. The Hall–Kier alpha value is -4.01. The fourth-order valence-corrected chi connectivity index (χ4v) is 2.95. The Morgan fingerprint density at radius 2 is 2.07 bits per heavy atom. The van der Waals surface area contributed by atoms with Crippen LogP contribution in [0.2, 0.25) is 0 Å². The average molecular weight is 403 g/mol. The van der Waals surface area contributed by atoms with E-state index in [1.165, 1.54) is 6.20 Å². The second kappa shape index (κ2) is 8.16. The molecule has 4 aromatic heterocycles. The Morgan fingerprint density at radius 3 is 2.80 bits per heavy atom. The maximum Gasteiger partial charge on any atom is 0.261 e. The quantitative estimate of drug-likeness (QED) is 0.509. The highest BCUT2D eigenvalue weighted by Crippen LogP contribution is 2.31. The van der Waals surface area contributed by atoms with Crippen LogP contribution in [-0.2, 0) is 7.05 Å². The molecule has 152 valence electrons. The zero-order valence-electron chi connectivity index (χ0n) is 16.9. The molecular weight excluding hydrogens is 382 g/mol. The van der Waals surface area contributed by atoms with Crippen molar-refractivity contribution in [3.63, 3.8) is 0 Å². The standard InChI is InChI=1S/C21H21N7O2/c1-4-22-21-24-11-16(20(29)27-21)19-18(6-5-13(2)26-19)30-15-7-8-23-17(9-15)14-10-25-28(3)12-14/h5-12H,4H2,1-3H3,(H2,22,24,27,29). The van der Waals surface area contributed by atoms with Crippen molar-refractivity contribution in [1.82, 2.24) is 29.7 Å². The van der Waals surface area contributed by atoms with Gasteiger partial charge in [0.2, 0.25) is 5.95 Å². The first-order valence-electron chi connectivity index (χ1n) is 9.47. The van der Waals surface area contributed by atoms with Crippen molar-refractivity contribution in [1.29, 1.82) is 0 Å². The summed E-state index contributed by atoms with van der Waals surface area (Å²) in [5, 5.41) is 7.16. The molecule has 2 N–H and O–H groups in total. The van der Waals surface area contributed by atoms with Gasteiger partial charge in [0.05, 0.1) is 17.5 Å². The molecule has 0 unspecified atom stereocenters. The molecule has 0 amide bonds. The highest BCUT2D eigenvalue weighted by Gasteiger charge is 2.15. The number of ether oxygens (including phenoxy) is 1. The summed E-state index contributed by atoms with van der Waals surface area (Å²) in [6.07, 6.45) is 6.78. The van der Waals surface area contributed by atoms with Gasteiger partial charge in [-0.05, 0) is 32.0 Å². The fourth-order valence-electron chi connectivity index (χ4n) is 2.95. The van der Waals surface area contributed by atoms with E-state index >= 15 is 0 Å². The third-order valence-corrected chi connectivity index (χ3v) is 4.36. The van der Waals surface area contributed by atoms with Crippen molar-refractivity contribution in [2.24, 2.45) is 7.05 Å². The minimum absolute atomic E-state index is 0.297. The molecular formula is C21H21N7O2. The number of nitrogens with zero attached hydrogens (tertiary/aromatic N) is 5. The van der Waals surface area contributed by atoms with Gasteiger partial charge in [-0.15, -0.1) is 0 Å². The molecule has 0 bridgehead atoms. The number of hydrogen-bond acceptors (Lipinski definition) is 7. The highest BCUT2D eigenvalue weighted by atomic mass is 16.5. The molecule has 0 aliphatic heterocycles. The summed E-state index contributed by atoms with van der Waals surface area (Å²) in [6, 6.07) is 7.19. The number of hydrogen-bond donors (Lipinski definition) is 2. The molecule has 0 saturated carbocycles. The molecule has 0 aromatic carbocycles. The number of anilines is 1. The van der Waals surface area contributed by atoms with E-state index in [-0.39, 0.29) is 5.56 Å². The van der Waals surface area contributed by atoms with Gasteiger partial charge in [-0.25, -0.2) is 9.97 Å². The minimum Gasteiger partial charge on any atom is -0.455 e. The van der Waals surface area contributed by atoms with Gasteiger partial charge in [-0.2, -0.15) is 5.10 Å².